The van der Waals surface area contributed by atoms with Gasteiger partial charge in [0.15, 0.2) is 0 Å². The second-order valence-electron chi connectivity index (χ2n) is 7.47. The fourth-order valence-electron chi connectivity index (χ4n) is 3.42. The standard InChI is InChI=1S/C20H37NO6/c1-2-3-4-5-6-7-8-9-10-14-21(15-11-18(22)23,16-12-19(24)25)17-13-20(26)27/h2-17H2,1H3,(H2-,22,23,24,25,26,27). The molecule has 27 heavy (non-hydrogen) atoms. The number of carbonyl (C=O) groups excluding carboxylic acids is 1. The van der Waals surface area contributed by atoms with E-state index in [2.05, 4.69) is 6.92 Å². The normalized spacial score (nSPS) is 11.4. The van der Waals surface area contributed by atoms with E-state index in [9.17, 15) is 19.5 Å². The third kappa shape index (κ3) is 15.2. The summed E-state index contributed by atoms with van der Waals surface area (Å²) < 4.78 is 0.225. The predicted octanol–water partition coefficient (Wildman–Crippen LogP) is 2.42. The first-order chi connectivity index (χ1) is 12.8. The second kappa shape index (κ2) is 15.4. The number of hydrogen-bond acceptors (Lipinski definition) is 4. The van der Waals surface area contributed by atoms with Crippen LogP contribution >= 0.6 is 0 Å². The molecule has 0 heterocycles. The highest BCUT2D eigenvalue weighted by atomic mass is 16.4. The van der Waals surface area contributed by atoms with Gasteiger partial charge in [0.1, 0.15) is 0 Å². The van der Waals surface area contributed by atoms with E-state index in [1.165, 1.54) is 38.5 Å². The Morgan fingerprint density at radius 2 is 1.07 bits per heavy atom. The van der Waals surface area contributed by atoms with E-state index in [-0.39, 0.29) is 43.4 Å². The monoisotopic (exact) mass is 387 g/mol. The molecule has 7 nitrogen and oxygen atoms in total. The smallest absolute Gasteiger partial charge is 0.309 e. The molecule has 0 bridgehead atoms. The van der Waals surface area contributed by atoms with Crippen molar-refractivity contribution in [2.75, 3.05) is 26.2 Å². The van der Waals surface area contributed by atoms with Gasteiger partial charge in [-0.15, -0.1) is 0 Å². The van der Waals surface area contributed by atoms with Gasteiger partial charge in [-0.05, 0) is 12.8 Å². The fraction of sp³-hybridized carbons (Fsp3) is 0.850. The van der Waals surface area contributed by atoms with Crippen molar-refractivity contribution < 1.29 is 34.2 Å². The lowest BCUT2D eigenvalue weighted by molar-refractivity contribution is -0.927. The van der Waals surface area contributed by atoms with Gasteiger partial charge in [-0.3, -0.25) is 9.59 Å². The molecule has 158 valence electrons. The van der Waals surface area contributed by atoms with Crippen molar-refractivity contribution in [1.29, 1.82) is 0 Å². The third-order valence-corrected chi connectivity index (χ3v) is 5.13. The molecule has 0 amide bonds. The highest BCUT2D eigenvalue weighted by Gasteiger charge is 2.28. The van der Waals surface area contributed by atoms with Crippen LogP contribution in [0.5, 0.6) is 0 Å². The quantitative estimate of drug-likeness (QED) is 0.260. The van der Waals surface area contributed by atoms with Crippen LogP contribution in [0.1, 0.15) is 84.0 Å². The minimum absolute atomic E-state index is 0.0932. The molecule has 7 heteroatoms. The van der Waals surface area contributed by atoms with Gasteiger partial charge < -0.3 is 24.6 Å². The summed E-state index contributed by atoms with van der Waals surface area (Å²) in [6.45, 7) is 3.54. The van der Waals surface area contributed by atoms with E-state index in [0.29, 0.717) is 6.54 Å². The zero-order chi connectivity index (χ0) is 20.5. The predicted molar refractivity (Wildman–Crippen MR) is 101 cm³/mol. The van der Waals surface area contributed by atoms with Crippen molar-refractivity contribution in [3.05, 3.63) is 0 Å². The Morgan fingerprint density at radius 3 is 1.48 bits per heavy atom. The summed E-state index contributed by atoms with van der Waals surface area (Å²) in [4.78, 5) is 32.9. The van der Waals surface area contributed by atoms with Gasteiger partial charge in [0.05, 0.1) is 39.0 Å². The molecule has 0 radical (unpaired) electrons. The lowest BCUT2D eigenvalue weighted by atomic mass is 10.1. The molecule has 0 aromatic rings. The number of hydrogen-bond donors (Lipinski definition) is 2. The summed E-state index contributed by atoms with van der Waals surface area (Å²) in [5.41, 5.74) is 0. The van der Waals surface area contributed by atoms with E-state index in [0.717, 1.165) is 19.3 Å². The van der Waals surface area contributed by atoms with Crippen LogP contribution in [-0.4, -0.2) is 58.8 Å². The van der Waals surface area contributed by atoms with Crippen LogP contribution in [-0.2, 0) is 14.4 Å². The van der Waals surface area contributed by atoms with Crippen molar-refractivity contribution in [2.24, 2.45) is 0 Å². The maximum absolute atomic E-state index is 11.0. The molecule has 0 fully saturated rings. The zero-order valence-electron chi connectivity index (χ0n) is 16.8. The van der Waals surface area contributed by atoms with Gasteiger partial charge >= 0.3 is 11.9 Å². The number of rotatable bonds is 19. The molecule has 0 aliphatic heterocycles. The molecule has 0 unspecified atom stereocenters. The Balaban J connectivity index is 4.52. The molecule has 0 saturated heterocycles. The average molecular weight is 388 g/mol. The lowest BCUT2D eigenvalue weighted by Crippen LogP contribution is -2.53. The van der Waals surface area contributed by atoms with Crippen LogP contribution in [0, 0.1) is 0 Å². The van der Waals surface area contributed by atoms with Gasteiger partial charge in [0.25, 0.3) is 0 Å². The number of aliphatic carboxylic acids is 3. The molecule has 0 rings (SSSR count). The van der Waals surface area contributed by atoms with Gasteiger partial charge in [0, 0.05) is 12.4 Å². The molecule has 0 aromatic carbocycles. The zero-order valence-corrected chi connectivity index (χ0v) is 16.8. The molecule has 0 aliphatic carbocycles. The van der Waals surface area contributed by atoms with Crippen molar-refractivity contribution in [2.45, 2.75) is 84.0 Å². The summed E-state index contributed by atoms with van der Waals surface area (Å²) in [5.74, 6) is -3.09. The van der Waals surface area contributed by atoms with Crippen LogP contribution in [0.2, 0.25) is 0 Å². The number of carboxylic acids is 3. The minimum Gasteiger partial charge on any atom is -0.550 e. The Labute approximate surface area is 163 Å². The van der Waals surface area contributed by atoms with Gasteiger partial charge in [-0.25, -0.2) is 0 Å². The number of unbranched alkanes of at least 4 members (excludes halogenated alkanes) is 8. The highest BCUT2D eigenvalue weighted by Crippen LogP contribution is 2.16. The summed E-state index contributed by atoms with van der Waals surface area (Å²) in [6, 6.07) is 0. The minimum atomic E-state index is -1.18. The number of carboxylic acid groups (broad SMARTS) is 3. The molecule has 0 spiro atoms. The lowest BCUT2D eigenvalue weighted by Gasteiger charge is -2.38. The van der Waals surface area contributed by atoms with Gasteiger partial charge in [0.2, 0.25) is 0 Å². The summed E-state index contributed by atoms with van der Waals surface area (Å²) in [5, 5.41) is 28.9. The van der Waals surface area contributed by atoms with Crippen molar-refractivity contribution in [3.8, 4) is 0 Å². The average Bonchev–Trinajstić information content (AvgIpc) is 2.61. The van der Waals surface area contributed by atoms with Gasteiger partial charge in [-0.2, -0.15) is 0 Å². The first kappa shape index (κ1) is 25.4. The SMILES string of the molecule is CCCCCCCCCCC[N+](CCC(=O)[O-])(CCC(=O)O)CCC(=O)O. The highest BCUT2D eigenvalue weighted by molar-refractivity contribution is 5.67. The molecule has 0 aromatic heterocycles. The fourth-order valence-corrected chi connectivity index (χ4v) is 3.42. The first-order valence-electron chi connectivity index (χ1n) is 10.3. The molecular formula is C20H37NO6. The van der Waals surface area contributed by atoms with Crippen molar-refractivity contribution in [3.63, 3.8) is 0 Å². The Hall–Kier alpha value is -1.63. The largest absolute Gasteiger partial charge is 0.550 e. The van der Waals surface area contributed by atoms with E-state index in [1.807, 2.05) is 0 Å². The van der Waals surface area contributed by atoms with Crippen LogP contribution in [0.4, 0.5) is 0 Å². The molecular weight excluding hydrogens is 350 g/mol. The van der Waals surface area contributed by atoms with Crippen LogP contribution in [0.3, 0.4) is 0 Å². The number of quaternary nitrogens is 1. The summed E-state index contributed by atoms with van der Waals surface area (Å²) in [7, 11) is 0. The van der Waals surface area contributed by atoms with Crippen LogP contribution in [0.15, 0.2) is 0 Å². The maximum atomic E-state index is 11.0. The Kier molecular flexibility index (Phi) is 14.5. The summed E-state index contributed by atoms with van der Waals surface area (Å²) >= 11 is 0. The summed E-state index contributed by atoms with van der Waals surface area (Å²) in [6.07, 6.45) is 10.0. The van der Waals surface area contributed by atoms with Crippen LogP contribution < -0.4 is 5.11 Å². The van der Waals surface area contributed by atoms with E-state index >= 15 is 0 Å². The topological polar surface area (TPSA) is 115 Å². The second-order valence-corrected chi connectivity index (χ2v) is 7.47. The number of nitrogens with zero attached hydrogens (tertiary/aromatic N) is 1. The van der Waals surface area contributed by atoms with E-state index in [1.54, 1.807) is 0 Å². The van der Waals surface area contributed by atoms with Gasteiger partial charge in [-0.1, -0.05) is 51.9 Å². The molecule has 0 aliphatic rings. The van der Waals surface area contributed by atoms with Crippen molar-refractivity contribution >= 4 is 17.9 Å². The maximum Gasteiger partial charge on any atom is 0.309 e. The molecule has 0 atom stereocenters. The van der Waals surface area contributed by atoms with E-state index in [4.69, 9.17) is 10.2 Å². The van der Waals surface area contributed by atoms with Crippen LogP contribution in [0.25, 0.3) is 0 Å². The Bertz CT molecular complexity index is 393. The van der Waals surface area contributed by atoms with Crippen molar-refractivity contribution in [1.82, 2.24) is 0 Å². The Morgan fingerprint density at radius 1 is 0.667 bits per heavy atom. The number of carbonyl (C=O) groups is 3. The molecule has 0 saturated carbocycles. The third-order valence-electron chi connectivity index (χ3n) is 5.13. The van der Waals surface area contributed by atoms with E-state index < -0.39 is 17.9 Å². The first-order valence-corrected chi connectivity index (χ1v) is 10.3. The molecule has 2 N–H and O–H groups in total.